The maximum atomic E-state index is 11.2. The molecule has 0 bridgehead atoms. The number of hydrogen-bond acceptors (Lipinski definition) is 3. The van der Waals surface area contributed by atoms with Gasteiger partial charge < -0.3 is 5.32 Å². The van der Waals surface area contributed by atoms with Crippen LogP contribution in [0.25, 0.3) is 0 Å². The molecule has 2 rings (SSSR count). The summed E-state index contributed by atoms with van der Waals surface area (Å²) in [4.78, 5) is 0. The molecule has 0 spiro atoms. The summed E-state index contributed by atoms with van der Waals surface area (Å²) in [5.74, 6) is 1.88. The third-order valence-corrected chi connectivity index (χ3v) is 4.90. The number of nitrogens with one attached hydrogen (secondary N) is 1. The molecular formula is C11H18N2OS. The molecular weight excluding hydrogens is 208 g/mol. The Kier molecular flexibility index (Phi) is 3.76. The first-order valence-electron chi connectivity index (χ1n) is 5.80. The third-order valence-electron chi connectivity index (χ3n) is 3.52. The lowest BCUT2D eigenvalue weighted by Gasteiger charge is -2.27. The second-order valence-corrected chi connectivity index (χ2v) is 6.26. The molecule has 2 unspecified atom stereocenters. The molecule has 0 aromatic carbocycles. The normalized spacial score (nSPS) is 41.3. The van der Waals surface area contributed by atoms with Crippen LogP contribution in [0, 0.1) is 17.2 Å². The number of rotatable bonds is 2. The highest BCUT2D eigenvalue weighted by Crippen LogP contribution is 2.26. The van der Waals surface area contributed by atoms with E-state index in [1.165, 1.54) is 6.42 Å². The van der Waals surface area contributed by atoms with Gasteiger partial charge >= 0.3 is 0 Å². The summed E-state index contributed by atoms with van der Waals surface area (Å²) in [5.41, 5.74) is 0. The largest absolute Gasteiger partial charge is 0.310 e. The fourth-order valence-electron chi connectivity index (χ4n) is 2.58. The minimum Gasteiger partial charge on any atom is -0.310 e. The Morgan fingerprint density at radius 1 is 1.20 bits per heavy atom. The van der Waals surface area contributed by atoms with Gasteiger partial charge in [-0.05, 0) is 25.7 Å². The van der Waals surface area contributed by atoms with Crippen LogP contribution < -0.4 is 5.32 Å². The van der Waals surface area contributed by atoms with Gasteiger partial charge in [0.1, 0.15) is 0 Å². The highest BCUT2D eigenvalue weighted by molar-refractivity contribution is 7.85. The summed E-state index contributed by atoms with van der Waals surface area (Å²) in [5, 5.41) is 12.6. The molecule has 1 saturated carbocycles. The predicted molar refractivity (Wildman–Crippen MR) is 60.8 cm³/mol. The highest BCUT2D eigenvalue weighted by Gasteiger charge is 2.29. The third kappa shape index (κ3) is 2.79. The van der Waals surface area contributed by atoms with Gasteiger partial charge in [-0.25, -0.2) is 0 Å². The lowest BCUT2D eigenvalue weighted by molar-refractivity contribution is 0.377. The standard InChI is InChI=1S/C11H18N2OS/c12-8-9-2-1-3-11(9)13-10-4-6-15(14)7-5-10/h9-11,13H,1-7H2. The van der Waals surface area contributed by atoms with Crippen molar-refractivity contribution in [2.75, 3.05) is 11.5 Å². The Labute approximate surface area is 93.7 Å². The summed E-state index contributed by atoms with van der Waals surface area (Å²) in [7, 11) is -0.580. The van der Waals surface area contributed by atoms with Gasteiger partial charge in [0.25, 0.3) is 0 Å². The van der Waals surface area contributed by atoms with Gasteiger partial charge in [0, 0.05) is 34.4 Å². The van der Waals surface area contributed by atoms with Gasteiger partial charge in [0.05, 0.1) is 12.0 Å². The van der Waals surface area contributed by atoms with Crippen molar-refractivity contribution in [1.82, 2.24) is 5.32 Å². The van der Waals surface area contributed by atoms with E-state index in [1.54, 1.807) is 0 Å². The molecule has 0 radical (unpaired) electrons. The Balaban J connectivity index is 1.81. The van der Waals surface area contributed by atoms with E-state index in [-0.39, 0.29) is 5.92 Å². The molecule has 0 aromatic heterocycles. The van der Waals surface area contributed by atoms with Crippen LogP contribution in [0.5, 0.6) is 0 Å². The summed E-state index contributed by atoms with van der Waals surface area (Å²) < 4.78 is 11.2. The van der Waals surface area contributed by atoms with Gasteiger partial charge in [0.15, 0.2) is 0 Å². The van der Waals surface area contributed by atoms with Gasteiger partial charge in [-0.3, -0.25) is 4.21 Å². The SMILES string of the molecule is N#CC1CCCC1NC1CCS(=O)CC1. The molecule has 4 heteroatoms. The van der Waals surface area contributed by atoms with Crippen LogP contribution in [0.15, 0.2) is 0 Å². The van der Waals surface area contributed by atoms with Crippen LogP contribution in [0.1, 0.15) is 32.1 Å². The minimum absolute atomic E-state index is 0.206. The monoisotopic (exact) mass is 226 g/mol. The Hall–Kier alpha value is -0.400. The van der Waals surface area contributed by atoms with E-state index in [1.807, 2.05) is 0 Å². The second-order valence-electron chi connectivity index (χ2n) is 4.56. The lowest BCUT2D eigenvalue weighted by atomic mass is 10.0. The molecule has 2 aliphatic rings. The van der Waals surface area contributed by atoms with Crippen molar-refractivity contribution in [3.8, 4) is 6.07 Å². The fraction of sp³-hybridized carbons (Fsp3) is 0.909. The molecule has 0 amide bonds. The Morgan fingerprint density at radius 2 is 1.93 bits per heavy atom. The zero-order valence-electron chi connectivity index (χ0n) is 8.95. The second kappa shape index (κ2) is 5.09. The molecule has 15 heavy (non-hydrogen) atoms. The van der Waals surface area contributed by atoms with E-state index >= 15 is 0 Å². The minimum atomic E-state index is -0.580. The van der Waals surface area contributed by atoms with Crippen molar-refractivity contribution in [2.24, 2.45) is 5.92 Å². The molecule has 1 N–H and O–H groups in total. The van der Waals surface area contributed by atoms with Crippen LogP contribution in [0.4, 0.5) is 0 Å². The molecule has 1 heterocycles. The van der Waals surface area contributed by atoms with Gasteiger partial charge in [-0.1, -0.05) is 6.42 Å². The molecule has 0 aromatic rings. The Bertz CT molecular complexity index is 277. The number of hydrogen-bond donors (Lipinski definition) is 1. The van der Waals surface area contributed by atoms with Crippen LogP contribution in [-0.2, 0) is 10.8 Å². The van der Waals surface area contributed by atoms with Crippen LogP contribution in [-0.4, -0.2) is 27.8 Å². The first-order chi connectivity index (χ1) is 7.29. The quantitative estimate of drug-likeness (QED) is 0.769. The maximum Gasteiger partial charge on any atom is 0.0672 e. The summed E-state index contributed by atoms with van der Waals surface area (Å²) in [6.07, 6.45) is 5.39. The van der Waals surface area contributed by atoms with Crippen LogP contribution >= 0.6 is 0 Å². The Morgan fingerprint density at radius 3 is 2.60 bits per heavy atom. The topological polar surface area (TPSA) is 52.9 Å². The van der Waals surface area contributed by atoms with Crippen molar-refractivity contribution in [3.05, 3.63) is 0 Å². The lowest BCUT2D eigenvalue weighted by Crippen LogP contribution is -2.43. The van der Waals surface area contributed by atoms with Crippen LogP contribution in [0.3, 0.4) is 0 Å². The smallest absolute Gasteiger partial charge is 0.0672 e. The predicted octanol–water partition coefficient (Wildman–Crippen LogP) is 1.18. The number of nitriles is 1. The molecule has 84 valence electrons. The molecule has 1 saturated heterocycles. The highest BCUT2D eigenvalue weighted by atomic mass is 32.2. The molecule has 1 aliphatic heterocycles. The zero-order chi connectivity index (χ0) is 10.7. The van der Waals surface area contributed by atoms with Gasteiger partial charge in [0.2, 0.25) is 0 Å². The van der Waals surface area contributed by atoms with Crippen LogP contribution in [0.2, 0.25) is 0 Å². The van der Waals surface area contributed by atoms with E-state index in [9.17, 15) is 4.21 Å². The molecule has 2 atom stereocenters. The van der Waals surface area contributed by atoms with E-state index in [2.05, 4.69) is 11.4 Å². The fourth-order valence-corrected chi connectivity index (χ4v) is 3.88. The van der Waals surface area contributed by atoms with E-state index in [0.29, 0.717) is 12.1 Å². The van der Waals surface area contributed by atoms with E-state index < -0.39 is 10.8 Å². The van der Waals surface area contributed by atoms with Crippen molar-refractivity contribution < 1.29 is 4.21 Å². The first kappa shape index (κ1) is 11.1. The first-order valence-corrected chi connectivity index (χ1v) is 7.29. The van der Waals surface area contributed by atoms with Crippen molar-refractivity contribution >= 4 is 10.8 Å². The van der Waals surface area contributed by atoms with Crippen molar-refractivity contribution in [2.45, 2.75) is 44.2 Å². The average molecular weight is 226 g/mol. The van der Waals surface area contributed by atoms with Crippen molar-refractivity contribution in [1.29, 1.82) is 5.26 Å². The van der Waals surface area contributed by atoms with Gasteiger partial charge in [-0.15, -0.1) is 0 Å². The summed E-state index contributed by atoms with van der Waals surface area (Å²) in [6.45, 7) is 0. The molecule has 3 nitrogen and oxygen atoms in total. The van der Waals surface area contributed by atoms with Gasteiger partial charge in [-0.2, -0.15) is 5.26 Å². The van der Waals surface area contributed by atoms with E-state index in [0.717, 1.165) is 37.2 Å². The van der Waals surface area contributed by atoms with E-state index in [4.69, 9.17) is 5.26 Å². The summed E-state index contributed by atoms with van der Waals surface area (Å²) >= 11 is 0. The number of nitrogens with zero attached hydrogens (tertiary/aromatic N) is 1. The zero-order valence-corrected chi connectivity index (χ0v) is 9.76. The molecule has 1 aliphatic carbocycles. The van der Waals surface area contributed by atoms with Crippen molar-refractivity contribution in [3.63, 3.8) is 0 Å². The molecule has 2 fully saturated rings. The average Bonchev–Trinajstić information content (AvgIpc) is 2.69. The summed E-state index contributed by atoms with van der Waals surface area (Å²) in [6, 6.07) is 3.29. The maximum absolute atomic E-state index is 11.2.